The van der Waals surface area contributed by atoms with Gasteiger partial charge in [-0.15, -0.1) is 0 Å². The summed E-state index contributed by atoms with van der Waals surface area (Å²) in [5.41, 5.74) is 0.378. The molecule has 1 saturated heterocycles. The number of aromatic hydroxyl groups is 1. The minimum atomic E-state index is -0.421. The minimum absolute atomic E-state index is 0.100. The van der Waals surface area contributed by atoms with Crippen molar-refractivity contribution in [1.82, 2.24) is 4.90 Å². The summed E-state index contributed by atoms with van der Waals surface area (Å²) in [5, 5.41) is 12.0. The molecule has 0 atom stereocenters. The Morgan fingerprint density at radius 2 is 1.87 bits per heavy atom. The first-order valence-electron chi connectivity index (χ1n) is 9.40. The smallest absolute Gasteiger partial charge is 0.293 e. The van der Waals surface area contributed by atoms with Gasteiger partial charge in [-0.3, -0.25) is 14.5 Å². The van der Waals surface area contributed by atoms with Gasteiger partial charge in [-0.05, 0) is 41.4 Å². The second-order valence-corrected chi connectivity index (χ2v) is 8.61. The Morgan fingerprint density at radius 1 is 1.10 bits per heavy atom. The second kappa shape index (κ2) is 9.03. The highest BCUT2D eigenvalue weighted by Gasteiger charge is 2.35. The lowest BCUT2D eigenvalue weighted by atomic mass is 10.1. The summed E-state index contributed by atoms with van der Waals surface area (Å²) in [6, 6.07) is 16.9. The van der Waals surface area contributed by atoms with Gasteiger partial charge in [0.15, 0.2) is 11.5 Å². The first-order chi connectivity index (χ1) is 15.0. The summed E-state index contributed by atoms with van der Waals surface area (Å²) < 4.78 is 11.7. The summed E-state index contributed by atoms with van der Waals surface area (Å²) in [4.78, 5) is 26.5. The van der Waals surface area contributed by atoms with Crippen molar-refractivity contribution in [3.8, 4) is 17.2 Å². The molecule has 1 N–H and O–H groups in total. The standard InChI is InChI=1S/C23H18BrNO5S/c1-29-19-13-16(24)11-15(21(19)26)12-20-22(27)25(23(28)31-20)9-10-30-18-8-4-6-14-5-2-3-7-17(14)18/h2-8,11-13,26H,9-10H2,1H3/b20-12-. The number of carbonyl (C=O) groups is 2. The molecule has 158 valence electrons. The number of thioether (sulfide) groups is 1. The van der Waals surface area contributed by atoms with Crippen molar-refractivity contribution in [2.45, 2.75) is 0 Å². The quantitative estimate of drug-likeness (QED) is 0.455. The third-order valence-electron chi connectivity index (χ3n) is 4.77. The minimum Gasteiger partial charge on any atom is -0.504 e. The van der Waals surface area contributed by atoms with Gasteiger partial charge in [0.05, 0.1) is 18.6 Å². The van der Waals surface area contributed by atoms with Crippen LogP contribution >= 0.6 is 27.7 Å². The van der Waals surface area contributed by atoms with Gasteiger partial charge < -0.3 is 14.6 Å². The van der Waals surface area contributed by atoms with Crippen LogP contribution in [-0.4, -0.2) is 41.4 Å². The molecule has 0 bridgehead atoms. The van der Waals surface area contributed by atoms with E-state index >= 15 is 0 Å². The molecule has 0 radical (unpaired) electrons. The number of methoxy groups -OCH3 is 1. The highest BCUT2D eigenvalue weighted by Crippen LogP contribution is 2.38. The number of phenolic OH excluding ortho intramolecular Hbond substituents is 1. The third kappa shape index (κ3) is 4.40. The van der Waals surface area contributed by atoms with E-state index in [0.717, 1.165) is 27.4 Å². The van der Waals surface area contributed by atoms with Crippen LogP contribution in [0, 0.1) is 0 Å². The molecule has 1 aliphatic heterocycles. The zero-order chi connectivity index (χ0) is 22.0. The highest BCUT2D eigenvalue weighted by molar-refractivity contribution is 9.10. The Bertz CT molecular complexity index is 1200. The zero-order valence-corrected chi connectivity index (χ0v) is 18.9. The predicted octanol–water partition coefficient (Wildman–Crippen LogP) is 5.43. The van der Waals surface area contributed by atoms with Crippen molar-refractivity contribution < 1.29 is 24.2 Å². The highest BCUT2D eigenvalue weighted by atomic mass is 79.9. The van der Waals surface area contributed by atoms with Crippen molar-refractivity contribution in [3.63, 3.8) is 0 Å². The summed E-state index contributed by atoms with van der Waals surface area (Å²) in [7, 11) is 1.44. The van der Waals surface area contributed by atoms with E-state index in [1.165, 1.54) is 13.2 Å². The van der Waals surface area contributed by atoms with Gasteiger partial charge in [-0.2, -0.15) is 0 Å². The first-order valence-corrected chi connectivity index (χ1v) is 11.0. The lowest BCUT2D eigenvalue weighted by Crippen LogP contribution is -2.32. The van der Waals surface area contributed by atoms with E-state index in [1.54, 1.807) is 12.1 Å². The van der Waals surface area contributed by atoms with Gasteiger partial charge >= 0.3 is 0 Å². The molecule has 31 heavy (non-hydrogen) atoms. The van der Waals surface area contributed by atoms with Crippen LogP contribution in [0.15, 0.2) is 64.0 Å². The van der Waals surface area contributed by atoms with E-state index in [9.17, 15) is 14.7 Å². The Morgan fingerprint density at radius 3 is 2.68 bits per heavy atom. The van der Waals surface area contributed by atoms with E-state index in [1.807, 2.05) is 42.5 Å². The van der Waals surface area contributed by atoms with Crippen LogP contribution in [-0.2, 0) is 4.79 Å². The Kier molecular flexibility index (Phi) is 6.20. The second-order valence-electron chi connectivity index (χ2n) is 6.70. The van der Waals surface area contributed by atoms with Crippen LogP contribution in [0.2, 0.25) is 0 Å². The number of rotatable bonds is 6. The zero-order valence-electron chi connectivity index (χ0n) is 16.5. The molecule has 2 amide bonds. The van der Waals surface area contributed by atoms with Crippen molar-refractivity contribution in [2.75, 3.05) is 20.3 Å². The maximum absolute atomic E-state index is 12.8. The fourth-order valence-corrected chi connectivity index (χ4v) is 4.57. The molecule has 6 nitrogen and oxygen atoms in total. The van der Waals surface area contributed by atoms with Crippen LogP contribution < -0.4 is 9.47 Å². The van der Waals surface area contributed by atoms with Gasteiger partial charge in [0, 0.05) is 15.4 Å². The molecule has 0 saturated carbocycles. The van der Waals surface area contributed by atoms with Crippen molar-refractivity contribution in [3.05, 3.63) is 69.5 Å². The van der Waals surface area contributed by atoms with Gasteiger partial charge in [0.25, 0.3) is 11.1 Å². The molecule has 0 aromatic heterocycles. The molecule has 8 heteroatoms. The number of halogens is 1. The molecule has 4 rings (SSSR count). The molecule has 0 unspecified atom stereocenters. The number of benzene rings is 3. The van der Waals surface area contributed by atoms with E-state index in [-0.39, 0.29) is 34.8 Å². The molecule has 3 aromatic rings. The molecule has 0 spiro atoms. The molecule has 0 aliphatic carbocycles. The van der Waals surface area contributed by atoms with Crippen molar-refractivity contribution >= 4 is 55.7 Å². The van der Waals surface area contributed by atoms with E-state index in [0.29, 0.717) is 15.8 Å². The van der Waals surface area contributed by atoms with Crippen molar-refractivity contribution in [2.24, 2.45) is 0 Å². The van der Waals surface area contributed by atoms with E-state index in [2.05, 4.69) is 15.9 Å². The summed E-state index contributed by atoms with van der Waals surface area (Å²) in [5.74, 6) is 0.446. The van der Waals surface area contributed by atoms with Gasteiger partial charge in [-0.25, -0.2) is 0 Å². The van der Waals surface area contributed by atoms with Crippen LogP contribution in [0.5, 0.6) is 17.2 Å². The maximum Gasteiger partial charge on any atom is 0.293 e. The number of ether oxygens (including phenoxy) is 2. The summed E-state index contributed by atoms with van der Waals surface area (Å²) in [6.45, 7) is 0.300. The van der Waals surface area contributed by atoms with Crippen LogP contribution in [0.4, 0.5) is 4.79 Å². The monoisotopic (exact) mass is 499 g/mol. The summed E-state index contributed by atoms with van der Waals surface area (Å²) in [6.07, 6.45) is 1.49. The first kappa shape index (κ1) is 21.3. The molecule has 1 heterocycles. The average molecular weight is 500 g/mol. The third-order valence-corrected chi connectivity index (χ3v) is 6.14. The number of hydrogen-bond acceptors (Lipinski definition) is 6. The number of amides is 2. The number of hydrogen-bond donors (Lipinski definition) is 1. The fourth-order valence-electron chi connectivity index (χ4n) is 3.26. The molecule has 1 aliphatic rings. The van der Waals surface area contributed by atoms with Gasteiger partial charge in [-0.1, -0.05) is 52.3 Å². The molecule has 3 aromatic carbocycles. The van der Waals surface area contributed by atoms with E-state index < -0.39 is 5.91 Å². The topological polar surface area (TPSA) is 76.1 Å². The van der Waals surface area contributed by atoms with Crippen LogP contribution in [0.25, 0.3) is 16.8 Å². The number of phenols is 1. The normalized spacial score (nSPS) is 15.2. The molecular weight excluding hydrogens is 482 g/mol. The van der Waals surface area contributed by atoms with Crippen LogP contribution in [0.3, 0.4) is 0 Å². The van der Waals surface area contributed by atoms with Gasteiger partial charge in [0.2, 0.25) is 0 Å². The van der Waals surface area contributed by atoms with Gasteiger partial charge in [0.1, 0.15) is 12.4 Å². The Balaban J connectivity index is 1.48. The predicted molar refractivity (Wildman–Crippen MR) is 124 cm³/mol. The van der Waals surface area contributed by atoms with E-state index in [4.69, 9.17) is 9.47 Å². The number of carbonyl (C=O) groups excluding carboxylic acids is 2. The number of fused-ring (bicyclic) bond motifs is 1. The summed E-state index contributed by atoms with van der Waals surface area (Å²) >= 11 is 4.17. The lowest BCUT2D eigenvalue weighted by Gasteiger charge is -2.14. The SMILES string of the molecule is COc1cc(Br)cc(/C=C2\SC(=O)N(CCOc3cccc4ccccc34)C2=O)c1O. The fraction of sp³-hybridized carbons (Fsp3) is 0.130. The Hall–Kier alpha value is -2.97. The average Bonchev–Trinajstić information content (AvgIpc) is 3.03. The maximum atomic E-state index is 12.8. The molecule has 1 fully saturated rings. The largest absolute Gasteiger partial charge is 0.504 e. The van der Waals surface area contributed by atoms with Crippen LogP contribution in [0.1, 0.15) is 5.56 Å². The van der Waals surface area contributed by atoms with Crippen molar-refractivity contribution in [1.29, 1.82) is 0 Å². The lowest BCUT2D eigenvalue weighted by molar-refractivity contribution is -0.123. The molecular formula is C23H18BrNO5S. The Labute approximate surface area is 191 Å². The number of imide groups is 1. The number of nitrogens with zero attached hydrogens (tertiary/aromatic N) is 1.